The molecule has 1 aliphatic rings. The second kappa shape index (κ2) is 9.94. The zero-order chi connectivity index (χ0) is 20.6. The third kappa shape index (κ3) is 5.27. The molecule has 6 heteroatoms. The fourth-order valence-electron chi connectivity index (χ4n) is 3.71. The minimum absolute atomic E-state index is 0.106. The quantitative estimate of drug-likeness (QED) is 0.662. The Kier molecular flexibility index (Phi) is 7.09. The molecule has 0 saturated carbocycles. The van der Waals surface area contributed by atoms with Gasteiger partial charge in [-0.05, 0) is 54.7 Å². The fraction of sp³-hybridized carbons (Fsp3) is 0.391. The van der Waals surface area contributed by atoms with Crippen molar-refractivity contribution in [3.63, 3.8) is 0 Å². The molecule has 0 aliphatic carbocycles. The Morgan fingerprint density at radius 3 is 2.45 bits per heavy atom. The van der Waals surface area contributed by atoms with Crippen LogP contribution < -0.4 is 4.74 Å². The SMILES string of the molecule is COC(=O)N(C)C1CCCN1CCCOc1ccc(-c2ccc(C#N)cc2)cc1. The summed E-state index contributed by atoms with van der Waals surface area (Å²) in [6.07, 6.45) is 2.77. The average molecular weight is 393 g/mol. The molecule has 0 bridgehead atoms. The van der Waals surface area contributed by atoms with Crippen LogP contribution in [0.1, 0.15) is 24.8 Å². The number of ether oxygens (including phenoxy) is 2. The first kappa shape index (κ1) is 20.7. The lowest BCUT2D eigenvalue weighted by Crippen LogP contribution is -2.46. The molecule has 1 saturated heterocycles. The molecule has 1 unspecified atom stereocenters. The Balaban J connectivity index is 1.46. The van der Waals surface area contributed by atoms with Crippen molar-refractivity contribution in [3.05, 3.63) is 54.1 Å². The molecule has 1 heterocycles. The molecule has 0 spiro atoms. The largest absolute Gasteiger partial charge is 0.494 e. The highest BCUT2D eigenvalue weighted by atomic mass is 16.5. The van der Waals surface area contributed by atoms with Gasteiger partial charge in [-0.2, -0.15) is 5.26 Å². The van der Waals surface area contributed by atoms with Gasteiger partial charge >= 0.3 is 6.09 Å². The summed E-state index contributed by atoms with van der Waals surface area (Å²) in [6, 6.07) is 17.7. The van der Waals surface area contributed by atoms with E-state index in [0.717, 1.165) is 49.2 Å². The van der Waals surface area contributed by atoms with Gasteiger partial charge in [0.25, 0.3) is 0 Å². The fourth-order valence-corrected chi connectivity index (χ4v) is 3.71. The van der Waals surface area contributed by atoms with Gasteiger partial charge < -0.3 is 9.47 Å². The summed E-state index contributed by atoms with van der Waals surface area (Å²) in [5, 5.41) is 8.89. The molecule has 2 aromatic carbocycles. The van der Waals surface area contributed by atoms with Crippen molar-refractivity contribution >= 4 is 6.09 Å². The molecule has 2 aromatic rings. The number of nitriles is 1. The molecule has 0 aromatic heterocycles. The third-order valence-corrected chi connectivity index (χ3v) is 5.30. The molecular weight excluding hydrogens is 366 g/mol. The number of benzene rings is 2. The highest BCUT2D eigenvalue weighted by Gasteiger charge is 2.30. The number of likely N-dealkylation sites (tertiary alicyclic amines) is 1. The van der Waals surface area contributed by atoms with E-state index in [2.05, 4.69) is 11.0 Å². The van der Waals surface area contributed by atoms with Gasteiger partial charge in [-0.25, -0.2) is 4.79 Å². The summed E-state index contributed by atoms with van der Waals surface area (Å²) < 4.78 is 10.7. The number of hydrogen-bond acceptors (Lipinski definition) is 5. The average Bonchev–Trinajstić information content (AvgIpc) is 3.24. The monoisotopic (exact) mass is 393 g/mol. The summed E-state index contributed by atoms with van der Waals surface area (Å²) in [6.45, 7) is 2.50. The van der Waals surface area contributed by atoms with Gasteiger partial charge in [-0.1, -0.05) is 24.3 Å². The zero-order valence-electron chi connectivity index (χ0n) is 17.0. The molecule has 1 amide bonds. The van der Waals surface area contributed by atoms with E-state index in [9.17, 15) is 4.79 Å². The molecule has 152 valence electrons. The van der Waals surface area contributed by atoms with Gasteiger partial charge in [0.05, 0.1) is 31.5 Å². The van der Waals surface area contributed by atoms with Gasteiger partial charge in [0, 0.05) is 20.1 Å². The van der Waals surface area contributed by atoms with Crippen LogP contribution in [0.5, 0.6) is 5.75 Å². The number of amides is 1. The Labute approximate surface area is 172 Å². The van der Waals surface area contributed by atoms with Crippen LogP contribution in [0.2, 0.25) is 0 Å². The van der Waals surface area contributed by atoms with Crippen LogP contribution in [0.25, 0.3) is 11.1 Å². The van der Waals surface area contributed by atoms with Crippen LogP contribution in [0.3, 0.4) is 0 Å². The summed E-state index contributed by atoms with van der Waals surface area (Å²) in [5.41, 5.74) is 2.82. The van der Waals surface area contributed by atoms with Crippen molar-refractivity contribution in [1.82, 2.24) is 9.80 Å². The van der Waals surface area contributed by atoms with Gasteiger partial charge in [-0.3, -0.25) is 9.80 Å². The molecule has 1 aliphatic heterocycles. The lowest BCUT2D eigenvalue weighted by atomic mass is 10.0. The first-order chi connectivity index (χ1) is 14.1. The summed E-state index contributed by atoms with van der Waals surface area (Å²) in [5.74, 6) is 0.840. The van der Waals surface area contributed by atoms with E-state index in [1.807, 2.05) is 48.5 Å². The maximum atomic E-state index is 11.8. The van der Waals surface area contributed by atoms with E-state index in [1.54, 1.807) is 11.9 Å². The summed E-state index contributed by atoms with van der Waals surface area (Å²) >= 11 is 0. The summed E-state index contributed by atoms with van der Waals surface area (Å²) in [7, 11) is 3.21. The zero-order valence-corrected chi connectivity index (χ0v) is 17.0. The van der Waals surface area contributed by atoms with Crippen LogP contribution in [0, 0.1) is 11.3 Å². The Hall–Kier alpha value is -3.04. The van der Waals surface area contributed by atoms with E-state index in [-0.39, 0.29) is 12.3 Å². The Bertz CT molecular complexity index is 843. The number of nitrogens with zero attached hydrogens (tertiary/aromatic N) is 3. The predicted molar refractivity (Wildman–Crippen MR) is 111 cm³/mol. The van der Waals surface area contributed by atoms with Gasteiger partial charge in [0.2, 0.25) is 0 Å². The van der Waals surface area contributed by atoms with Gasteiger partial charge in [0.15, 0.2) is 0 Å². The number of methoxy groups -OCH3 is 1. The molecule has 0 radical (unpaired) electrons. The molecule has 1 fully saturated rings. The highest BCUT2D eigenvalue weighted by molar-refractivity contribution is 5.67. The first-order valence-corrected chi connectivity index (χ1v) is 9.90. The highest BCUT2D eigenvalue weighted by Crippen LogP contribution is 2.23. The predicted octanol–water partition coefficient (Wildman–Crippen LogP) is 4.11. The van der Waals surface area contributed by atoms with E-state index in [4.69, 9.17) is 14.7 Å². The van der Waals surface area contributed by atoms with Crippen LogP contribution in [0.15, 0.2) is 48.5 Å². The normalized spacial score (nSPS) is 16.2. The molecule has 6 nitrogen and oxygen atoms in total. The Morgan fingerprint density at radius 1 is 1.17 bits per heavy atom. The van der Waals surface area contributed by atoms with Crippen molar-refractivity contribution in [2.24, 2.45) is 0 Å². The van der Waals surface area contributed by atoms with Gasteiger partial charge in [0.1, 0.15) is 5.75 Å². The molecule has 29 heavy (non-hydrogen) atoms. The van der Waals surface area contributed by atoms with Crippen molar-refractivity contribution < 1.29 is 14.3 Å². The maximum absolute atomic E-state index is 11.8. The van der Waals surface area contributed by atoms with Crippen molar-refractivity contribution in [1.29, 1.82) is 5.26 Å². The minimum atomic E-state index is -0.291. The molecule has 3 rings (SSSR count). The summed E-state index contributed by atoms with van der Waals surface area (Å²) in [4.78, 5) is 15.7. The van der Waals surface area contributed by atoms with E-state index >= 15 is 0 Å². The number of hydrogen-bond donors (Lipinski definition) is 0. The number of rotatable bonds is 7. The number of carbonyl (C=O) groups excluding carboxylic acids is 1. The third-order valence-electron chi connectivity index (χ3n) is 5.30. The van der Waals surface area contributed by atoms with E-state index in [0.29, 0.717) is 12.2 Å². The van der Waals surface area contributed by atoms with Gasteiger partial charge in [-0.15, -0.1) is 0 Å². The van der Waals surface area contributed by atoms with Crippen molar-refractivity contribution in [2.75, 3.05) is 33.9 Å². The smallest absolute Gasteiger partial charge is 0.410 e. The minimum Gasteiger partial charge on any atom is -0.494 e. The Morgan fingerprint density at radius 2 is 1.83 bits per heavy atom. The lowest BCUT2D eigenvalue weighted by Gasteiger charge is -2.31. The van der Waals surface area contributed by atoms with Crippen LogP contribution in [-0.2, 0) is 4.74 Å². The number of carbonyl (C=O) groups is 1. The van der Waals surface area contributed by atoms with Crippen molar-refractivity contribution in [3.8, 4) is 22.9 Å². The molecular formula is C23H27N3O3. The van der Waals surface area contributed by atoms with Crippen LogP contribution in [0.4, 0.5) is 4.79 Å². The van der Waals surface area contributed by atoms with E-state index in [1.165, 1.54) is 7.11 Å². The topological polar surface area (TPSA) is 65.8 Å². The first-order valence-electron chi connectivity index (χ1n) is 9.90. The standard InChI is InChI=1S/C23H27N3O3/c1-25(23(27)28-2)22-5-3-14-26(22)15-4-16-29-21-12-10-20(11-13-21)19-8-6-18(17-24)7-9-19/h6-13,22H,3-5,14-16H2,1-2H3. The van der Waals surface area contributed by atoms with E-state index < -0.39 is 0 Å². The second-order valence-electron chi connectivity index (χ2n) is 7.16. The molecule has 0 N–H and O–H groups in total. The molecule has 1 atom stereocenters. The van der Waals surface area contributed by atoms with Crippen molar-refractivity contribution in [2.45, 2.75) is 25.4 Å². The second-order valence-corrected chi connectivity index (χ2v) is 7.16. The maximum Gasteiger partial charge on any atom is 0.410 e. The lowest BCUT2D eigenvalue weighted by molar-refractivity contribution is 0.0690. The van der Waals surface area contributed by atoms with Crippen LogP contribution >= 0.6 is 0 Å². The van der Waals surface area contributed by atoms with Crippen LogP contribution in [-0.4, -0.2) is 55.9 Å².